The summed E-state index contributed by atoms with van der Waals surface area (Å²) in [5.41, 5.74) is 0. The van der Waals surface area contributed by atoms with E-state index >= 15 is 0 Å². The SMILES string of the molecule is CCCCCOc1ccc(S(=O)(=O)N2CCCCCC2)c2ccccc12. The molecule has 0 unspecified atom stereocenters. The third-order valence-electron chi connectivity index (χ3n) is 5.03. The fraction of sp³-hybridized carbons (Fsp3) is 0.524. The van der Waals surface area contributed by atoms with Gasteiger partial charge in [-0.25, -0.2) is 8.42 Å². The fourth-order valence-electron chi connectivity index (χ4n) is 3.55. The molecular formula is C21H29NO3S. The monoisotopic (exact) mass is 375 g/mol. The van der Waals surface area contributed by atoms with E-state index in [9.17, 15) is 8.42 Å². The molecule has 1 aliphatic rings. The molecule has 5 heteroatoms. The van der Waals surface area contributed by atoms with Crippen LogP contribution in [0.4, 0.5) is 0 Å². The van der Waals surface area contributed by atoms with Gasteiger partial charge in [0.15, 0.2) is 0 Å². The lowest BCUT2D eigenvalue weighted by atomic mass is 10.1. The van der Waals surface area contributed by atoms with Crippen molar-refractivity contribution in [3.63, 3.8) is 0 Å². The van der Waals surface area contributed by atoms with Crippen LogP contribution in [0.1, 0.15) is 51.9 Å². The standard InChI is InChI=1S/C21H29NO3S/c1-2-3-10-17-25-20-13-14-21(19-12-7-6-11-18(19)20)26(23,24)22-15-8-4-5-9-16-22/h6-7,11-14H,2-5,8-10,15-17H2,1H3. The van der Waals surface area contributed by atoms with Crippen molar-refractivity contribution >= 4 is 20.8 Å². The smallest absolute Gasteiger partial charge is 0.243 e. The first-order valence-corrected chi connectivity index (χ1v) is 11.2. The first kappa shape index (κ1) is 19.2. The van der Waals surface area contributed by atoms with Gasteiger partial charge in [-0.1, -0.05) is 56.9 Å². The predicted molar refractivity (Wildman–Crippen MR) is 106 cm³/mol. The van der Waals surface area contributed by atoms with Gasteiger partial charge in [0.05, 0.1) is 11.5 Å². The van der Waals surface area contributed by atoms with Crippen molar-refractivity contribution in [3.05, 3.63) is 36.4 Å². The molecule has 1 aliphatic heterocycles. The van der Waals surface area contributed by atoms with Gasteiger partial charge in [0.25, 0.3) is 0 Å². The van der Waals surface area contributed by atoms with Crippen LogP contribution in [0.15, 0.2) is 41.3 Å². The summed E-state index contributed by atoms with van der Waals surface area (Å²) in [6.45, 7) is 4.06. The summed E-state index contributed by atoms with van der Waals surface area (Å²) in [5.74, 6) is 0.770. The van der Waals surface area contributed by atoms with E-state index in [-0.39, 0.29) is 0 Å². The van der Waals surface area contributed by atoms with E-state index in [4.69, 9.17) is 4.74 Å². The maximum Gasteiger partial charge on any atom is 0.243 e. The van der Waals surface area contributed by atoms with Crippen molar-refractivity contribution in [1.29, 1.82) is 0 Å². The molecule has 26 heavy (non-hydrogen) atoms. The minimum absolute atomic E-state index is 0.399. The second kappa shape index (κ2) is 8.87. The van der Waals surface area contributed by atoms with Crippen LogP contribution >= 0.6 is 0 Å². The Morgan fingerprint density at radius 2 is 1.62 bits per heavy atom. The van der Waals surface area contributed by atoms with Crippen LogP contribution in [-0.2, 0) is 10.0 Å². The van der Waals surface area contributed by atoms with E-state index in [1.807, 2.05) is 30.3 Å². The molecule has 1 heterocycles. The summed E-state index contributed by atoms with van der Waals surface area (Å²) in [6.07, 6.45) is 7.40. The number of unbranched alkanes of at least 4 members (excludes halogenated alkanes) is 2. The van der Waals surface area contributed by atoms with E-state index in [0.29, 0.717) is 24.6 Å². The minimum Gasteiger partial charge on any atom is -0.493 e. The molecule has 2 aromatic rings. The number of hydrogen-bond acceptors (Lipinski definition) is 3. The van der Waals surface area contributed by atoms with Gasteiger partial charge in [-0.05, 0) is 31.4 Å². The lowest BCUT2D eigenvalue weighted by Gasteiger charge is -2.21. The summed E-state index contributed by atoms with van der Waals surface area (Å²) in [4.78, 5) is 0.399. The Morgan fingerprint density at radius 1 is 0.923 bits per heavy atom. The molecule has 0 radical (unpaired) electrons. The maximum atomic E-state index is 13.2. The molecule has 3 rings (SSSR count). The van der Waals surface area contributed by atoms with Gasteiger partial charge in [0, 0.05) is 23.9 Å². The molecule has 0 bridgehead atoms. The highest BCUT2D eigenvalue weighted by atomic mass is 32.2. The van der Waals surface area contributed by atoms with Gasteiger partial charge in [-0.2, -0.15) is 4.31 Å². The molecule has 0 N–H and O–H groups in total. The van der Waals surface area contributed by atoms with Crippen LogP contribution < -0.4 is 4.74 Å². The normalized spacial score (nSPS) is 16.5. The molecular weight excluding hydrogens is 346 g/mol. The Balaban J connectivity index is 1.94. The van der Waals surface area contributed by atoms with E-state index in [1.54, 1.807) is 10.4 Å². The van der Waals surface area contributed by atoms with Crippen molar-refractivity contribution in [2.75, 3.05) is 19.7 Å². The fourth-order valence-corrected chi connectivity index (χ4v) is 5.26. The molecule has 0 spiro atoms. The number of rotatable bonds is 7. The molecule has 4 nitrogen and oxygen atoms in total. The van der Waals surface area contributed by atoms with E-state index in [0.717, 1.165) is 61.5 Å². The molecule has 0 aliphatic carbocycles. The molecule has 0 atom stereocenters. The number of ether oxygens (including phenoxy) is 1. The lowest BCUT2D eigenvalue weighted by molar-refractivity contribution is 0.309. The van der Waals surface area contributed by atoms with Crippen molar-refractivity contribution in [3.8, 4) is 5.75 Å². The third-order valence-corrected chi connectivity index (χ3v) is 6.99. The second-order valence-electron chi connectivity index (χ2n) is 6.98. The third kappa shape index (κ3) is 4.21. The Labute approximate surface area is 157 Å². The highest BCUT2D eigenvalue weighted by Gasteiger charge is 2.27. The quantitative estimate of drug-likeness (QED) is 0.642. The second-order valence-corrected chi connectivity index (χ2v) is 8.89. The molecule has 142 valence electrons. The summed E-state index contributed by atoms with van der Waals surface area (Å²) in [6, 6.07) is 11.2. The van der Waals surface area contributed by atoms with E-state index < -0.39 is 10.0 Å². The largest absolute Gasteiger partial charge is 0.493 e. The van der Waals surface area contributed by atoms with Crippen molar-refractivity contribution in [2.24, 2.45) is 0 Å². The van der Waals surface area contributed by atoms with E-state index in [1.165, 1.54) is 0 Å². The first-order valence-electron chi connectivity index (χ1n) is 9.79. The number of hydrogen-bond donors (Lipinski definition) is 0. The zero-order chi connectivity index (χ0) is 18.4. The van der Waals surface area contributed by atoms with Crippen molar-refractivity contribution < 1.29 is 13.2 Å². The van der Waals surface area contributed by atoms with Crippen LogP contribution in [0.3, 0.4) is 0 Å². The van der Waals surface area contributed by atoms with E-state index in [2.05, 4.69) is 6.92 Å². The maximum absolute atomic E-state index is 13.2. The zero-order valence-corrected chi connectivity index (χ0v) is 16.4. The van der Waals surface area contributed by atoms with Crippen LogP contribution in [-0.4, -0.2) is 32.4 Å². The zero-order valence-electron chi connectivity index (χ0n) is 15.6. The molecule has 1 fully saturated rings. The summed E-state index contributed by atoms with van der Waals surface area (Å²) >= 11 is 0. The van der Waals surface area contributed by atoms with Gasteiger partial charge >= 0.3 is 0 Å². The highest BCUT2D eigenvalue weighted by molar-refractivity contribution is 7.89. The molecule has 0 amide bonds. The summed E-state index contributed by atoms with van der Waals surface area (Å²) < 4.78 is 34.1. The van der Waals surface area contributed by atoms with Gasteiger partial charge < -0.3 is 4.74 Å². The van der Waals surface area contributed by atoms with Gasteiger partial charge in [-0.15, -0.1) is 0 Å². The van der Waals surface area contributed by atoms with Crippen molar-refractivity contribution in [1.82, 2.24) is 4.31 Å². The number of fused-ring (bicyclic) bond motifs is 1. The van der Waals surface area contributed by atoms with Crippen LogP contribution in [0.5, 0.6) is 5.75 Å². The number of nitrogens with zero attached hydrogens (tertiary/aromatic N) is 1. The predicted octanol–water partition coefficient (Wildman–Crippen LogP) is 4.97. The molecule has 0 aromatic heterocycles. The molecule has 1 saturated heterocycles. The Bertz CT molecular complexity index is 824. The topological polar surface area (TPSA) is 46.6 Å². The van der Waals surface area contributed by atoms with Crippen LogP contribution in [0, 0.1) is 0 Å². The number of benzene rings is 2. The summed E-state index contributed by atoms with van der Waals surface area (Å²) in [5, 5.41) is 1.63. The highest BCUT2D eigenvalue weighted by Crippen LogP contribution is 2.33. The van der Waals surface area contributed by atoms with Gasteiger partial charge in [0.1, 0.15) is 5.75 Å². The lowest BCUT2D eigenvalue weighted by Crippen LogP contribution is -2.32. The average Bonchev–Trinajstić information content (AvgIpc) is 2.95. The number of sulfonamides is 1. The molecule has 0 saturated carbocycles. The molecule has 2 aromatic carbocycles. The Kier molecular flexibility index (Phi) is 6.54. The summed E-state index contributed by atoms with van der Waals surface area (Å²) in [7, 11) is -3.48. The van der Waals surface area contributed by atoms with Crippen LogP contribution in [0.2, 0.25) is 0 Å². The van der Waals surface area contributed by atoms with Crippen LogP contribution in [0.25, 0.3) is 10.8 Å². The van der Waals surface area contributed by atoms with Gasteiger partial charge in [-0.3, -0.25) is 0 Å². The Morgan fingerprint density at radius 3 is 2.31 bits per heavy atom. The first-order chi connectivity index (χ1) is 12.6. The van der Waals surface area contributed by atoms with Crippen molar-refractivity contribution in [2.45, 2.75) is 56.8 Å². The average molecular weight is 376 g/mol. The Hall–Kier alpha value is -1.59. The minimum atomic E-state index is -3.48. The van der Waals surface area contributed by atoms with Gasteiger partial charge in [0.2, 0.25) is 10.0 Å².